The summed E-state index contributed by atoms with van der Waals surface area (Å²) in [4.78, 5) is 25.4. The highest BCUT2D eigenvalue weighted by molar-refractivity contribution is 7.89. The third kappa shape index (κ3) is 4.55. The lowest BCUT2D eigenvalue weighted by Gasteiger charge is -2.56. The summed E-state index contributed by atoms with van der Waals surface area (Å²) in [5.41, 5.74) is 0.536. The van der Waals surface area contributed by atoms with Crippen molar-refractivity contribution < 1.29 is 27.5 Å². The standard InChI is InChI=1S/C24H32N2O6S/c1-16-2-3-20(11-21(16)33(29,30)26-4-6-31-7-5-26)23(28)32-15-22(27)25-24-12-17-8-18(13-24)10-19(9-17)14-24/h2-3,11,17-19H,4-10,12-15H2,1H3,(H,25,27). The molecule has 180 valence electrons. The van der Waals surface area contributed by atoms with Crippen molar-refractivity contribution in [3.05, 3.63) is 29.3 Å². The molecule has 1 heterocycles. The van der Waals surface area contributed by atoms with Crippen LogP contribution in [0.25, 0.3) is 0 Å². The summed E-state index contributed by atoms with van der Waals surface area (Å²) in [6.45, 7) is 2.58. The largest absolute Gasteiger partial charge is 0.452 e. The summed E-state index contributed by atoms with van der Waals surface area (Å²) >= 11 is 0. The number of benzene rings is 1. The van der Waals surface area contributed by atoms with Crippen LogP contribution in [0.3, 0.4) is 0 Å². The monoisotopic (exact) mass is 476 g/mol. The van der Waals surface area contributed by atoms with Gasteiger partial charge in [-0.2, -0.15) is 4.31 Å². The van der Waals surface area contributed by atoms with Gasteiger partial charge in [0.15, 0.2) is 6.61 Å². The van der Waals surface area contributed by atoms with Gasteiger partial charge in [-0.25, -0.2) is 13.2 Å². The van der Waals surface area contributed by atoms with Gasteiger partial charge in [0.05, 0.1) is 23.7 Å². The van der Waals surface area contributed by atoms with Crippen LogP contribution in [-0.4, -0.2) is 63.0 Å². The van der Waals surface area contributed by atoms with E-state index in [9.17, 15) is 18.0 Å². The average molecular weight is 477 g/mol. The number of nitrogens with zero attached hydrogens (tertiary/aromatic N) is 1. The number of aryl methyl sites for hydroxylation is 1. The van der Waals surface area contributed by atoms with Crippen molar-refractivity contribution in [2.75, 3.05) is 32.9 Å². The molecule has 4 aliphatic carbocycles. The molecule has 5 aliphatic rings. The van der Waals surface area contributed by atoms with Crippen LogP contribution >= 0.6 is 0 Å². The van der Waals surface area contributed by atoms with Crippen molar-refractivity contribution in [3.63, 3.8) is 0 Å². The molecule has 6 rings (SSSR count). The molecule has 1 aliphatic heterocycles. The molecule has 0 aromatic heterocycles. The van der Waals surface area contributed by atoms with Crippen molar-refractivity contribution in [3.8, 4) is 0 Å². The maximum Gasteiger partial charge on any atom is 0.338 e. The molecule has 1 aromatic rings. The molecule has 4 saturated carbocycles. The Bertz CT molecular complexity index is 1010. The van der Waals surface area contributed by atoms with Gasteiger partial charge in [-0.3, -0.25) is 4.79 Å². The van der Waals surface area contributed by atoms with E-state index in [1.807, 2.05) is 0 Å². The van der Waals surface area contributed by atoms with E-state index < -0.39 is 16.0 Å². The second kappa shape index (κ2) is 8.67. The normalized spacial score (nSPS) is 31.4. The average Bonchev–Trinajstić information content (AvgIpc) is 2.77. The summed E-state index contributed by atoms with van der Waals surface area (Å²) in [6.07, 6.45) is 6.94. The van der Waals surface area contributed by atoms with Crippen molar-refractivity contribution in [1.82, 2.24) is 9.62 Å². The van der Waals surface area contributed by atoms with E-state index in [0.29, 0.717) is 36.5 Å². The number of nitrogens with one attached hydrogen (secondary N) is 1. The SMILES string of the molecule is Cc1ccc(C(=O)OCC(=O)NC23CC4CC(CC(C4)C2)C3)cc1S(=O)(=O)N1CCOCC1. The fourth-order valence-corrected chi connectivity index (χ4v) is 8.40. The van der Waals surface area contributed by atoms with E-state index >= 15 is 0 Å². The first-order chi connectivity index (χ1) is 15.7. The zero-order valence-corrected chi connectivity index (χ0v) is 19.9. The minimum absolute atomic E-state index is 0.0804. The van der Waals surface area contributed by atoms with Crippen molar-refractivity contribution in [1.29, 1.82) is 0 Å². The Morgan fingerprint density at radius 2 is 1.70 bits per heavy atom. The van der Waals surface area contributed by atoms with E-state index in [4.69, 9.17) is 9.47 Å². The van der Waals surface area contributed by atoms with Crippen LogP contribution < -0.4 is 5.32 Å². The van der Waals surface area contributed by atoms with Crippen LogP contribution in [0.2, 0.25) is 0 Å². The molecule has 33 heavy (non-hydrogen) atoms. The molecular formula is C24H32N2O6S. The fourth-order valence-electron chi connectivity index (χ4n) is 6.74. The third-order valence-corrected chi connectivity index (χ3v) is 9.83. The van der Waals surface area contributed by atoms with E-state index in [2.05, 4.69) is 5.32 Å². The summed E-state index contributed by atoms with van der Waals surface area (Å²) in [7, 11) is -3.74. The molecule has 0 spiro atoms. The molecule has 0 atom stereocenters. The Labute approximate surface area is 195 Å². The van der Waals surface area contributed by atoms with Gasteiger partial charge < -0.3 is 14.8 Å². The fraction of sp³-hybridized carbons (Fsp3) is 0.667. The lowest BCUT2D eigenvalue weighted by Crippen LogP contribution is -2.60. The van der Waals surface area contributed by atoms with Gasteiger partial charge in [-0.1, -0.05) is 6.07 Å². The number of rotatable bonds is 6. The second-order valence-electron chi connectivity index (χ2n) is 10.3. The van der Waals surface area contributed by atoms with Crippen LogP contribution in [0.15, 0.2) is 23.1 Å². The minimum atomic E-state index is -3.74. The predicted octanol–water partition coefficient (Wildman–Crippen LogP) is 2.26. The zero-order valence-electron chi connectivity index (χ0n) is 19.0. The zero-order chi connectivity index (χ0) is 23.2. The van der Waals surface area contributed by atoms with E-state index in [-0.39, 0.29) is 41.6 Å². The third-order valence-electron chi connectivity index (χ3n) is 7.79. The number of esters is 1. The number of hydrogen-bond donors (Lipinski definition) is 1. The first kappa shape index (κ1) is 22.8. The van der Waals surface area contributed by atoms with E-state index in [0.717, 1.165) is 19.3 Å². The summed E-state index contributed by atoms with van der Waals surface area (Å²) in [5, 5.41) is 3.19. The molecule has 1 aromatic carbocycles. The van der Waals surface area contributed by atoms with Gasteiger partial charge in [-0.15, -0.1) is 0 Å². The van der Waals surface area contributed by atoms with Gasteiger partial charge in [0.1, 0.15) is 0 Å². The quantitative estimate of drug-likeness (QED) is 0.632. The maximum atomic E-state index is 13.1. The Kier molecular flexibility index (Phi) is 5.99. The minimum Gasteiger partial charge on any atom is -0.452 e. The number of carbonyl (C=O) groups is 2. The molecule has 0 unspecified atom stereocenters. The highest BCUT2D eigenvalue weighted by atomic mass is 32.2. The molecule has 0 radical (unpaired) electrons. The Balaban J connectivity index is 1.22. The Morgan fingerprint density at radius 1 is 1.09 bits per heavy atom. The van der Waals surface area contributed by atoms with Gasteiger partial charge >= 0.3 is 5.97 Å². The highest BCUT2D eigenvalue weighted by Gasteiger charge is 2.51. The first-order valence-electron chi connectivity index (χ1n) is 11.9. The molecule has 1 saturated heterocycles. The van der Waals surface area contributed by atoms with Crippen molar-refractivity contribution >= 4 is 21.9 Å². The van der Waals surface area contributed by atoms with Crippen LogP contribution in [0.5, 0.6) is 0 Å². The van der Waals surface area contributed by atoms with Gasteiger partial charge in [0.2, 0.25) is 10.0 Å². The van der Waals surface area contributed by atoms with Crippen LogP contribution in [0, 0.1) is 24.7 Å². The molecule has 5 fully saturated rings. The number of carbonyl (C=O) groups excluding carboxylic acids is 2. The molecular weight excluding hydrogens is 444 g/mol. The molecule has 1 amide bonds. The van der Waals surface area contributed by atoms with Crippen LogP contribution in [0.4, 0.5) is 0 Å². The van der Waals surface area contributed by atoms with Crippen LogP contribution in [-0.2, 0) is 24.3 Å². The van der Waals surface area contributed by atoms with E-state index in [1.165, 1.54) is 35.7 Å². The number of sulfonamides is 1. The molecule has 4 bridgehead atoms. The van der Waals surface area contributed by atoms with Gasteiger partial charge in [0.25, 0.3) is 5.91 Å². The van der Waals surface area contributed by atoms with Gasteiger partial charge in [0, 0.05) is 18.6 Å². The second-order valence-corrected chi connectivity index (χ2v) is 12.2. The number of hydrogen-bond acceptors (Lipinski definition) is 6. The topological polar surface area (TPSA) is 102 Å². The summed E-state index contributed by atoms with van der Waals surface area (Å²) in [5.74, 6) is 1.14. The van der Waals surface area contributed by atoms with Gasteiger partial charge in [-0.05, 0) is 80.9 Å². The molecule has 1 N–H and O–H groups in total. The number of morpholine rings is 1. The maximum absolute atomic E-state index is 13.1. The van der Waals surface area contributed by atoms with Crippen molar-refractivity contribution in [2.45, 2.75) is 55.9 Å². The van der Waals surface area contributed by atoms with Crippen LogP contribution in [0.1, 0.15) is 54.4 Å². The number of ether oxygens (including phenoxy) is 2. The Morgan fingerprint density at radius 3 is 2.30 bits per heavy atom. The first-order valence-corrected chi connectivity index (χ1v) is 13.3. The lowest BCUT2D eigenvalue weighted by atomic mass is 9.53. The molecule has 8 nitrogen and oxygen atoms in total. The summed E-state index contributed by atoms with van der Waals surface area (Å²) in [6, 6.07) is 4.48. The smallest absolute Gasteiger partial charge is 0.338 e. The van der Waals surface area contributed by atoms with E-state index in [1.54, 1.807) is 13.0 Å². The molecule has 9 heteroatoms. The van der Waals surface area contributed by atoms with Crippen molar-refractivity contribution in [2.24, 2.45) is 17.8 Å². The number of amides is 1. The highest BCUT2D eigenvalue weighted by Crippen LogP contribution is 2.55. The summed E-state index contributed by atoms with van der Waals surface area (Å²) < 4.78 is 38.0. The predicted molar refractivity (Wildman–Crippen MR) is 120 cm³/mol. The Hall–Kier alpha value is -1.97. The lowest BCUT2D eigenvalue weighted by molar-refractivity contribution is -0.130.